The Bertz CT molecular complexity index is 1370. The molecule has 2 aliphatic rings. The first-order valence-electron chi connectivity index (χ1n) is 12.7. The molecule has 0 saturated heterocycles. The Hall–Kier alpha value is -3.09. The van der Waals surface area contributed by atoms with Gasteiger partial charge in [0, 0.05) is 14.1 Å². The van der Waals surface area contributed by atoms with E-state index in [9.17, 15) is 0 Å². The Labute approximate surface area is 252 Å². The summed E-state index contributed by atoms with van der Waals surface area (Å²) in [6.45, 7) is 4.27. The number of anilines is 1. The van der Waals surface area contributed by atoms with Gasteiger partial charge in [0.15, 0.2) is 0 Å². The third-order valence-electron chi connectivity index (χ3n) is 6.65. The minimum absolute atomic E-state index is 0. The van der Waals surface area contributed by atoms with Crippen LogP contribution in [-0.2, 0) is 30.7 Å². The summed E-state index contributed by atoms with van der Waals surface area (Å²) in [7, 11) is 4.11. The van der Waals surface area contributed by atoms with Crippen molar-refractivity contribution in [2.45, 2.75) is 26.7 Å². The molecule has 1 nitrogen and oxygen atoms in total. The van der Waals surface area contributed by atoms with Crippen molar-refractivity contribution in [2.24, 2.45) is 0 Å². The second kappa shape index (κ2) is 15.5. The molecular formula is C37H39NZr-4. The van der Waals surface area contributed by atoms with E-state index in [4.69, 9.17) is 0 Å². The van der Waals surface area contributed by atoms with Crippen molar-refractivity contribution < 1.29 is 24.2 Å². The van der Waals surface area contributed by atoms with Crippen LogP contribution in [0.25, 0.3) is 11.1 Å². The van der Waals surface area contributed by atoms with Gasteiger partial charge in [-0.1, -0.05) is 48.0 Å². The number of rotatable bonds is 3. The molecule has 0 saturated carbocycles. The summed E-state index contributed by atoms with van der Waals surface area (Å²) in [6, 6.07) is 37.6. The molecule has 0 aliphatic heterocycles. The molecule has 0 amide bonds. The fraction of sp³-hybridized carbons (Fsp3) is 0.162. The molecule has 0 N–H and O–H groups in total. The Morgan fingerprint density at radius 3 is 1.77 bits per heavy atom. The topological polar surface area (TPSA) is 3.24 Å². The Balaban J connectivity index is 0.000000214. The number of fused-ring (bicyclic) bond motifs is 3. The monoisotopic (exact) mass is 587 g/mol. The molecule has 4 aromatic rings. The van der Waals surface area contributed by atoms with E-state index in [-0.39, 0.29) is 14.9 Å². The van der Waals surface area contributed by atoms with Crippen molar-refractivity contribution in [1.82, 2.24) is 0 Å². The van der Waals surface area contributed by atoms with Crippen LogP contribution in [0.1, 0.15) is 42.5 Å². The van der Waals surface area contributed by atoms with Crippen LogP contribution in [0, 0.1) is 27.0 Å². The normalized spacial score (nSPS) is 11.9. The van der Waals surface area contributed by atoms with Gasteiger partial charge in [-0.15, -0.1) is 30.5 Å². The van der Waals surface area contributed by atoms with Gasteiger partial charge in [0.05, 0.1) is 0 Å². The second-order valence-corrected chi connectivity index (χ2v) is 10.8. The molecule has 0 aromatic heterocycles. The first-order chi connectivity index (χ1) is 17.9. The van der Waals surface area contributed by atoms with Crippen LogP contribution < -0.4 is 4.90 Å². The average Bonchev–Trinajstić information content (AvgIpc) is 3.51. The molecule has 0 bridgehead atoms. The number of benzene rings is 4. The first-order valence-corrected chi connectivity index (χ1v) is 13.9. The van der Waals surface area contributed by atoms with Crippen LogP contribution in [-0.4, -0.2) is 17.3 Å². The third-order valence-corrected chi connectivity index (χ3v) is 8.07. The summed E-state index contributed by atoms with van der Waals surface area (Å²) in [4.78, 5) is 2.10. The molecule has 0 unspecified atom stereocenters. The minimum atomic E-state index is 0. The van der Waals surface area contributed by atoms with E-state index >= 15 is 0 Å². The molecule has 0 fully saturated rings. The second-order valence-electron chi connectivity index (χ2n) is 9.56. The molecule has 0 spiro atoms. The molecule has 0 radical (unpaired) electrons. The Morgan fingerprint density at radius 2 is 1.28 bits per heavy atom. The van der Waals surface area contributed by atoms with Gasteiger partial charge in [0.1, 0.15) is 0 Å². The van der Waals surface area contributed by atoms with Gasteiger partial charge < -0.3 is 19.8 Å². The van der Waals surface area contributed by atoms with Crippen LogP contribution >= 0.6 is 0 Å². The molecule has 0 heterocycles. The van der Waals surface area contributed by atoms with Crippen molar-refractivity contribution in [2.75, 3.05) is 19.0 Å². The fourth-order valence-electron chi connectivity index (χ4n) is 4.30. The molecule has 0 atom stereocenters. The number of allylic oxidation sites excluding steroid dienone is 4. The zero-order valence-electron chi connectivity index (χ0n) is 24.2. The van der Waals surface area contributed by atoms with Crippen LogP contribution in [0.3, 0.4) is 0 Å². The summed E-state index contributed by atoms with van der Waals surface area (Å²) in [6.07, 6.45) is 7.24. The van der Waals surface area contributed by atoms with Gasteiger partial charge in [-0.05, 0) is 6.42 Å². The summed E-state index contributed by atoms with van der Waals surface area (Å²) < 4.78 is 1.42. The van der Waals surface area contributed by atoms with Gasteiger partial charge in [-0.25, -0.2) is 11.6 Å². The molecule has 200 valence electrons. The first kappa shape index (κ1) is 32.1. The number of hydrogen-bond acceptors (Lipinski definition) is 1. The van der Waals surface area contributed by atoms with Crippen molar-refractivity contribution >= 4 is 8.89 Å². The van der Waals surface area contributed by atoms with E-state index < -0.39 is 0 Å². The Kier molecular flexibility index (Phi) is 12.8. The van der Waals surface area contributed by atoms with Gasteiger partial charge in [-0.3, -0.25) is 6.08 Å². The van der Waals surface area contributed by atoms with Crippen molar-refractivity contribution in [3.05, 3.63) is 164 Å². The van der Waals surface area contributed by atoms with Gasteiger partial charge >= 0.3 is 99.2 Å². The van der Waals surface area contributed by atoms with Crippen molar-refractivity contribution in [1.29, 1.82) is 0 Å². The van der Waals surface area contributed by atoms with Crippen molar-refractivity contribution in [3.8, 4) is 11.1 Å². The number of hydrogen-bond donors (Lipinski definition) is 0. The average molecular weight is 589 g/mol. The maximum absolute atomic E-state index is 3.50. The molecule has 6 rings (SSSR count). The SMILES string of the molecule is CC1=C(C)C[C-]=C1.CN(C)c1[c-]c2c(cc1)-c1ccccc1C2.[CH3-].[CH3-].[Zr]=[C](c1ccccc1)c1ccccc1. The zero-order chi connectivity index (χ0) is 26.2. The van der Waals surface area contributed by atoms with Gasteiger partial charge in [0.2, 0.25) is 0 Å². The molecule has 4 aromatic carbocycles. The van der Waals surface area contributed by atoms with E-state index in [1.54, 1.807) is 0 Å². The molecule has 2 aliphatic carbocycles. The van der Waals surface area contributed by atoms with E-state index in [2.05, 4.69) is 148 Å². The number of nitrogens with zero attached hydrogens (tertiary/aromatic N) is 1. The summed E-state index contributed by atoms with van der Waals surface area (Å²) in [5, 5.41) is 0. The predicted molar refractivity (Wildman–Crippen MR) is 168 cm³/mol. The molecular weight excluding hydrogens is 550 g/mol. The van der Waals surface area contributed by atoms with Crippen LogP contribution in [0.5, 0.6) is 0 Å². The summed E-state index contributed by atoms with van der Waals surface area (Å²) >= 11 is 1.46. The summed E-state index contributed by atoms with van der Waals surface area (Å²) in [5.41, 5.74) is 12.1. The zero-order valence-corrected chi connectivity index (χ0v) is 26.6. The van der Waals surface area contributed by atoms with Crippen LogP contribution in [0.2, 0.25) is 0 Å². The quantitative estimate of drug-likeness (QED) is 0.190. The van der Waals surface area contributed by atoms with Crippen LogP contribution in [0.4, 0.5) is 5.69 Å². The van der Waals surface area contributed by atoms with Crippen LogP contribution in [0.15, 0.2) is 114 Å². The third kappa shape index (κ3) is 8.45. The van der Waals surface area contributed by atoms with E-state index in [0.717, 1.165) is 18.5 Å². The fourth-order valence-corrected chi connectivity index (χ4v) is 5.12. The Morgan fingerprint density at radius 1 is 0.718 bits per heavy atom. The van der Waals surface area contributed by atoms with Crippen molar-refractivity contribution in [3.63, 3.8) is 0 Å². The standard InChI is InChI=1S/C15H14N.C13H10.C7H9.2CH3.Zr/c1-16(2)13-7-8-15-12(10-13)9-11-5-3-4-6-14(11)15;1-3-7-12(8-4-1)11-13-9-5-2-6-10-13;1-6-4-3-5-7(6)2;;;/h3-8H,9H2,1-2H3;1-10H;4H,5H2,1-2H3;2*1H3;/q-1;;3*-1;. The predicted octanol–water partition coefficient (Wildman–Crippen LogP) is 8.91. The molecule has 39 heavy (non-hydrogen) atoms. The summed E-state index contributed by atoms with van der Waals surface area (Å²) in [5.74, 6) is 0. The van der Waals surface area contributed by atoms with E-state index in [1.165, 1.54) is 72.0 Å². The van der Waals surface area contributed by atoms with Gasteiger partial charge in [-0.2, -0.15) is 17.7 Å². The van der Waals surface area contributed by atoms with E-state index in [0.29, 0.717) is 0 Å². The maximum atomic E-state index is 3.50. The van der Waals surface area contributed by atoms with E-state index in [1.807, 2.05) is 0 Å². The van der Waals surface area contributed by atoms with Gasteiger partial charge in [0.25, 0.3) is 0 Å². The molecule has 2 heteroatoms.